The number of aromatic carboxylic acids is 1. The third-order valence-electron chi connectivity index (χ3n) is 3.49. The van der Waals surface area contributed by atoms with E-state index in [9.17, 15) is 20.1 Å². The Balaban J connectivity index is 2.93. The van der Waals surface area contributed by atoms with E-state index in [2.05, 4.69) is 0 Å². The number of carbonyl (C=O) groups is 1. The highest BCUT2D eigenvalue weighted by atomic mass is 16.5. The van der Waals surface area contributed by atoms with Gasteiger partial charge in [-0.25, -0.2) is 4.79 Å². The molecule has 0 amide bonds. The molecular formula is C16H16O5. The van der Waals surface area contributed by atoms with Crippen molar-refractivity contribution < 1.29 is 24.9 Å². The standard InChI is InChI=1S/C16H16O5/c1-8-6-4-5-7-10(8)11-9(2)12(16(19)20)14(18)15(21-3)13(11)17/h4-7,17-18H,1-3H3,(H,19,20). The topological polar surface area (TPSA) is 87.0 Å². The molecule has 0 fully saturated rings. The molecule has 0 aromatic heterocycles. The number of hydrogen-bond donors (Lipinski definition) is 3. The molecule has 3 N–H and O–H groups in total. The van der Waals surface area contributed by atoms with Crippen molar-refractivity contribution in [2.75, 3.05) is 7.11 Å². The summed E-state index contributed by atoms with van der Waals surface area (Å²) in [4.78, 5) is 11.4. The molecule has 0 atom stereocenters. The minimum Gasteiger partial charge on any atom is -0.504 e. The maximum absolute atomic E-state index is 11.4. The van der Waals surface area contributed by atoms with Gasteiger partial charge in [0.05, 0.1) is 7.11 Å². The molecule has 0 aliphatic carbocycles. The Morgan fingerprint density at radius 3 is 2.24 bits per heavy atom. The van der Waals surface area contributed by atoms with Crippen LogP contribution in [0.5, 0.6) is 17.2 Å². The van der Waals surface area contributed by atoms with Crippen LogP contribution in [0.1, 0.15) is 21.5 Å². The summed E-state index contributed by atoms with van der Waals surface area (Å²) >= 11 is 0. The molecular weight excluding hydrogens is 272 g/mol. The number of aryl methyl sites for hydroxylation is 1. The van der Waals surface area contributed by atoms with Gasteiger partial charge in [0.2, 0.25) is 5.75 Å². The van der Waals surface area contributed by atoms with Gasteiger partial charge in [-0.15, -0.1) is 0 Å². The fourth-order valence-corrected chi connectivity index (χ4v) is 2.46. The highest BCUT2D eigenvalue weighted by Crippen LogP contribution is 2.48. The third kappa shape index (κ3) is 2.27. The van der Waals surface area contributed by atoms with Gasteiger partial charge in [0.15, 0.2) is 11.5 Å². The van der Waals surface area contributed by atoms with Crippen molar-refractivity contribution in [1.29, 1.82) is 0 Å². The van der Waals surface area contributed by atoms with E-state index in [1.165, 1.54) is 7.11 Å². The quantitative estimate of drug-likeness (QED) is 0.808. The van der Waals surface area contributed by atoms with Crippen molar-refractivity contribution in [3.63, 3.8) is 0 Å². The summed E-state index contributed by atoms with van der Waals surface area (Å²) in [6.45, 7) is 3.40. The summed E-state index contributed by atoms with van der Waals surface area (Å²) in [6, 6.07) is 7.27. The van der Waals surface area contributed by atoms with Gasteiger partial charge in [-0.1, -0.05) is 24.3 Å². The van der Waals surface area contributed by atoms with E-state index in [-0.39, 0.29) is 22.6 Å². The van der Waals surface area contributed by atoms with Crippen molar-refractivity contribution in [1.82, 2.24) is 0 Å². The number of aromatic hydroxyl groups is 2. The largest absolute Gasteiger partial charge is 0.504 e. The Bertz CT molecular complexity index is 719. The normalized spacial score (nSPS) is 10.4. The fraction of sp³-hybridized carbons (Fsp3) is 0.188. The fourth-order valence-electron chi connectivity index (χ4n) is 2.46. The molecule has 0 heterocycles. The lowest BCUT2D eigenvalue weighted by Crippen LogP contribution is -2.04. The summed E-state index contributed by atoms with van der Waals surface area (Å²) in [5.41, 5.74) is 1.92. The number of hydrogen-bond acceptors (Lipinski definition) is 4. The molecule has 0 spiro atoms. The highest BCUT2D eigenvalue weighted by molar-refractivity contribution is 5.98. The smallest absolute Gasteiger partial charge is 0.339 e. The molecule has 0 radical (unpaired) electrons. The zero-order valence-electron chi connectivity index (χ0n) is 12.0. The monoisotopic (exact) mass is 288 g/mol. The number of phenols is 2. The number of carboxylic acids is 1. The summed E-state index contributed by atoms with van der Waals surface area (Å²) in [5, 5.41) is 29.7. The Morgan fingerprint density at radius 1 is 1.10 bits per heavy atom. The average molecular weight is 288 g/mol. The van der Waals surface area contributed by atoms with Crippen molar-refractivity contribution in [2.24, 2.45) is 0 Å². The molecule has 2 aromatic carbocycles. The zero-order chi connectivity index (χ0) is 15.7. The van der Waals surface area contributed by atoms with Crippen LogP contribution in [0, 0.1) is 13.8 Å². The lowest BCUT2D eigenvalue weighted by Gasteiger charge is -2.18. The molecule has 0 saturated carbocycles. The molecule has 2 aromatic rings. The molecule has 5 heteroatoms. The first-order valence-electron chi connectivity index (χ1n) is 6.31. The molecule has 0 aliphatic heterocycles. The van der Waals surface area contributed by atoms with Crippen molar-refractivity contribution in [3.8, 4) is 28.4 Å². The summed E-state index contributed by atoms with van der Waals surface area (Å²) in [7, 11) is 1.26. The predicted molar refractivity (Wildman–Crippen MR) is 78.2 cm³/mol. The van der Waals surface area contributed by atoms with E-state index >= 15 is 0 Å². The van der Waals surface area contributed by atoms with Gasteiger partial charge in [0.25, 0.3) is 0 Å². The summed E-state index contributed by atoms with van der Waals surface area (Å²) < 4.78 is 4.96. The average Bonchev–Trinajstić information content (AvgIpc) is 2.40. The maximum Gasteiger partial charge on any atom is 0.339 e. The van der Waals surface area contributed by atoms with Gasteiger partial charge in [-0.05, 0) is 30.5 Å². The molecule has 5 nitrogen and oxygen atoms in total. The van der Waals surface area contributed by atoms with E-state index in [4.69, 9.17) is 4.74 Å². The summed E-state index contributed by atoms with van der Waals surface area (Å²) in [5.74, 6) is -2.36. The van der Waals surface area contributed by atoms with E-state index < -0.39 is 11.7 Å². The lowest BCUT2D eigenvalue weighted by atomic mass is 9.91. The Kier molecular flexibility index (Phi) is 3.76. The lowest BCUT2D eigenvalue weighted by molar-refractivity contribution is 0.0692. The maximum atomic E-state index is 11.4. The van der Waals surface area contributed by atoms with Crippen LogP contribution in [-0.4, -0.2) is 28.4 Å². The zero-order valence-corrected chi connectivity index (χ0v) is 12.0. The van der Waals surface area contributed by atoms with Crippen LogP contribution in [-0.2, 0) is 0 Å². The van der Waals surface area contributed by atoms with Crippen LogP contribution in [0.4, 0.5) is 0 Å². The molecule has 0 aliphatic rings. The Hall–Kier alpha value is -2.69. The highest BCUT2D eigenvalue weighted by Gasteiger charge is 2.27. The number of methoxy groups -OCH3 is 1. The minimum atomic E-state index is -1.28. The Morgan fingerprint density at radius 2 is 1.71 bits per heavy atom. The van der Waals surface area contributed by atoms with E-state index in [1.807, 2.05) is 19.1 Å². The van der Waals surface area contributed by atoms with E-state index in [0.717, 1.165) is 5.56 Å². The van der Waals surface area contributed by atoms with Gasteiger partial charge in [-0.3, -0.25) is 0 Å². The molecule has 110 valence electrons. The van der Waals surface area contributed by atoms with Crippen LogP contribution in [0.15, 0.2) is 24.3 Å². The molecule has 0 bridgehead atoms. The van der Waals surface area contributed by atoms with Crippen LogP contribution < -0.4 is 4.74 Å². The number of carboxylic acid groups (broad SMARTS) is 1. The van der Waals surface area contributed by atoms with Gasteiger partial charge in [0, 0.05) is 5.56 Å². The van der Waals surface area contributed by atoms with Gasteiger partial charge in [-0.2, -0.15) is 0 Å². The second kappa shape index (κ2) is 5.36. The molecule has 2 rings (SSSR count). The van der Waals surface area contributed by atoms with E-state index in [1.54, 1.807) is 19.1 Å². The van der Waals surface area contributed by atoms with E-state index in [0.29, 0.717) is 11.1 Å². The first-order chi connectivity index (χ1) is 9.90. The Labute approximate surface area is 122 Å². The van der Waals surface area contributed by atoms with Gasteiger partial charge < -0.3 is 20.1 Å². The van der Waals surface area contributed by atoms with Crippen molar-refractivity contribution in [2.45, 2.75) is 13.8 Å². The number of rotatable bonds is 3. The van der Waals surface area contributed by atoms with Crippen LogP contribution in [0.3, 0.4) is 0 Å². The predicted octanol–water partition coefficient (Wildman–Crippen LogP) is 3.09. The molecule has 21 heavy (non-hydrogen) atoms. The number of phenolic OH excluding ortho intramolecular Hbond substituents is 1. The van der Waals surface area contributed by atoms with Crippen LogP contribution in [0.25, 0.3) is 11.1 Å². The second-order valence-corrected chi connectivity index (χ2v) is 4.73. The van der Waals surface area contributed by atoms with Crippen LogP contribution >= 0.6 is 0 Å². The van der Waals surface area contributed by atoms with Gasteiger partial charge >= 0.3 is 5.97 Å². The number of benzene rings is 2. The second-order valence-electron chi connectivity index (χ2n) is 4.73. The molecule has 0 unspecified atom stereocenters. The third-order valence-corrected chi connectivity index (χ3v) is 3.49. The molecule has 0 saturated heterocycles. The minimum absolute atomic E-state index is 0.240. The first kappa shape index (κ1) is 14.7. The SMILES string of the molecule is COc1c(O)c(C(=O)O)c(C)c(-c2ccccc2C)c1O. The van der Waals surface area contributed by atoms with Crippen LogP contribution in [0.2, 0.25) is 0 Å². The first-order valence-corrected chi connectivity index (χ1v) is 6.31. The number of ether oxygens (including phenoxy) is 1. The summed E-state index contributed by atoms with van der Waals surface area (Å²) in [6.07, 6.45) is 0. The van der Waals surface area contributed by atoms with Gasteiger partial charge in [0.1, 0.15) is 5.56 Å². The van der Waals surface area contributed by atoms with Crippen molar-refractivity contribution in [3.05, 3.63) is 41.0 Å². The van der Waals surface area contributed by atoms with Crippen molar-refractivity contribution >= 4 is 5.97 Å².